The Labute approximate surface area is 169 Å². The predicted octanol–water partition coefficient (Wildman–Crippen LogP) is 1.04. The third-order valence-corrected chi connectivity index (χ3v) is 4.16. The first kappa shape index (κ1) is 24.4. The maximum Gasteiger partial charge on any atom is 0.225 e. The zero-order chi connectivity index (χ0) is 18.2. The van der Waals surface area contributed by atoms with Gasteiger partial charge in [-0.05, 0) is 13.8 Å². The van der Waals surface area contributed by atoms with Crippen molar-refractivity contribution in [2.75, 3.05) is 53.0 Å². The molecule has 0 unspecified atom stereocenters. The van der Waals surface area contributed by atoms with Gasteiger partial charge in [0, 0.05) is 50.7 Å². The summed E-state index contributed by atoms with van der Waals surface area (Å²) in [6.45, 7) is 15.7. The summed E-state index contributed by atoms with van der Waals surface area (Å²) in [5, 5.41) is 9.52. The zero-order valence-corrected chi connectivity index (χ0v) is 18.9. The molecule has 1 amide bonds. The first-order chi connectivity index (χ1) is 11.2. The first-order valence-electron chi connectivity index (χ1n) is 8.72. The molecule has 8 heteroatoms. The van der Waals surface area contributed by atoms with E-state index in [1.165, 1.54) is 0 Å². The fourth-order valence-corrected chi connectivity index (χ4v) is 2.42. The van der Waals surface area contributed by atoms with Gasteiger partial charge in [-0.1, -0.05) is 20.8 Å². The van der Waals surface area contributed by atoms with Crippen LogP contribution in [0.15, 0.2) is 4.99 Å². The quantitative estimate of drug-likeness (QED) is 0.235. The Balaban J connectivity index is 0.00000576. The molecule has 0 atom stereocenters. The summed E-state index contributed by atoms with van der Waals surface area (Å²) in [6.07, 6.45) is 0. The number of aliphatic imine (C=N–C) groups is 1. The lowest BCUT2D eigenvalue weighted by atomic mass is 9.96. The minimum absolute atomic E-state index is 0. The van der Waals surface area contributed by atoms with Gasteiger partial charge in [-0.15, -0.1) is 24.0 Å². The maximum atomic E-state index is 11.8. The molecule has 1 saturated heterocycles. The van der Waals surface area contributed by atoms with Gasteiger partial charge in [0.05, 0.1) is 13.2 Å². The molecule has 0 saturated carbocycles. The first-order valence-corrected chi connectivity index (χ1v) is 8.72. The highest BCUT2D eigenvalue weighted by atomic mass is 127. The van der Waals surface area contributed by atoms with Crippen molar-refractivity contribution in [1.29, 1.82) is 0 Å². The summed E-state index contributed by atoms with van der Waals surface area (Å²) < 4.78 is 5.42. The van der Waals surface area contributed by atoms with Gasteiger partial charge in [-0.3, -0.25) is 14.7 Å². The molecule has 7 nitrogen and oxygen atoms in total. The average Bonchev–Trinajstić information content (AvgIpc) is 2.54. The summed E-state index contributed by atoms with van der Waals surface area (Å²) >= 11 is 0. The molecule has 0 aliphatic carbocycles. The Kier molecular flexibility index (Phi) is 10.9. The lowest BCUT2D eigenvalue weighted by Gasteiger charge is -2.41. The van der Waals surface area contributed by atoms with Gasteiger partial charge in [0.25, 0.3) is 0 Å². The second kappa shape index (κ2) is 11.2. The maximum absolute atomic E-state index is 11.8. The number of nitrogens with zero attached hydrogens (tertiary/aromatic N) is 2. The molecule has 1 heterocycles. The van der Waals surface area contributed by atoms with Crippen LogP contribution >= 0.6 is 24.0 Å². The minimum Gasteiger partial charge on any atom is -0.379 e. The fraction of sp³-hybridized carbons (Fsp3) is 0.882. The number of amides is 1. The summed E-state index contributed by atoms with van der Waals surface area (Å²) in [5.41, 5.74) is -0.329. The van der Waals surface area contributed by atoms with E-state index in [4.69, 9.17) is 4.74 Å². The number of hydrogen-bond donors (Lipinski definition) is 3. The number of rotatable bonds is 6. The highest BCUT2D eigenvalue weighted by Gasteiger charge is 2.28. The molecule has 0 aromatic heterocycles. The summed E-state index contributed by atoms with van der Waals surface area (Å²) in [4.78, 5) is 18.5. The topological polar surface area (TPSA) is 78.0 Å². The summed E-state index contributed by atoms with van der Waals surface area (Å²) in [5.74, 6) is 0.807. The van der Waals surface area contributed by atoms with Crippen LogP contribution in [0.5, 0.6) is 0 Å². The highest BCUT2D eigenvalue weighted by Crippen LogP contribution is 2.15. The third kappa shape index (κ3) is 9.05. The van der Waals surface area contributed by atoms with Crippen LogP contribution in [0.3, 0.4) is 0 Å². The van der Waals surface area contributed by atoms with E-state index in [-0.39, 0.29) is 40.8 Å². The van der Waals surface area contributed by atoms with Crippen molar-refractivity contribution in [3.8, 4) is 0 Å². The molecular formula is C17H36IN5O2. The summed E-state index contributed by atoms with van der Waals surface area (Å²) in [6, 6.07) is 0. The molecule has 1 aliphatic rings. The van der Waals surface area contributed by atoms with Gasteiger partial charge in [0.15, 0.2) is 5.96 Å². The van der Waals surface area contributed by atoms with E-state index in [1.54, 1.807) is 7.05 Å². The number of carbonyl (C=O) groups is 1. The molecule has 0 aromatic rings. The number of carbonyl (C=O) groups excluding carboxylic acids is 1. The fourth-order valence-electron chi connectivity index (χ4n) is 2.42. The number of nitrogens with one attached hydrogen (secondary N) is 3. The van der Waals surface area contributed by atoms with Crippen LogP contribution < -0.4 is 16.0 Å². The van der Waals surface area contributed by atoms with Crippen LogP contribution in [-0.4, -0.2) is 75.3 Å². The molecule has 0 bridgehead atoms. The lowest BCUT2D eigenvalue weighted by Crippen LogP contribution is -2.56. The van der Waals surface area contributed by atoms with Crippen LogP contribution in [-0.2, 0) is 9.53 Å². The number of morpholine rings is 1. The van der Waals surface area contributed by atoms with Crippen molar-refractivity contribution in [3.05, 3.63) is 0 Å². The Morgan fingerprint density at radius 3 is 2.12 bits per heavy atom. The molecule has 0 aromatic carbocycles. The van der Waals surface area contributed by atoms with Crippen LogP contribution in [0.25, 0.3) is 0 Å². The minimum atomic E-state index is -0.359. The second-order valence-electron chi connectivity index (χ2n) is 7.77. The normalized spacial score (nSPS) is 16.8. The van der Waals surface area contributed by atoms with E-state index >= 15 is 0 Å². The molecule has 0 radical (unpaired) electrons. The largest absolute Gasteiger partial charge is 0.379 e. The molecule has 0 spiro atoms. The van der Waals surface area contributed by atoms with Crippen LogP contribution in [0.1, 0.15) is 34.6 Å². The van der Waals surface area contributed by atoms with Crippen molar-refractivity contribution >= 4 is 35.8 Å². The van der Waals surface area contributed by atoms with Gasteiger partial charge in [-0.25, -0.2) is 0 Å². The van der Waals surface area contributed by atoms with Crippen molar-refractivity contribution in [3.63, 3.8) is 0 Å². The predicted molar refractivity (Wildman–Crippen MR) is 114 cm³/mol. The standard InChI is InChI=1S/C17H35N5O2.HI/c1-16(2,3)14(23)19-7-8-20-15(18-6)21-13-17(4,5)22-9-11-24-12-10-22;/h7-13H2,1-6H3,(H,19,23)(H2,18,20,21);1H. The van der Waals surface area contributed by atoms with Gasteiger partial charge < -0.3 is 20.7 Å². The van der Waals surface area contributed by atoms with Crippen molar-refractivity contribution < 1.29 is 9.53 Å². The molecule has 1 fully saturated rings. The Morgan fingerprint density at radius 1 is 1.04 bits per heavy atom. The van der Waals surface area contributed by atoms with E-state index in [2.05, 4.69) is 39.7 Å². The van der Waals surface area contributed by atoms with E-state index in [1.807, 2.05) is 20.8 Å². The molecule has 25 heavy (non-hydrogen) atoms. The number of ether oxygens (including phenoxy) is 1. The van der Waals surface area contributed by atoms with E-state index in [0.717, 1.165) is 38.8 Å². The molecular weight excluding hydrogens is 433 g/mol. The Bertz CT molecular complexity index is 429. The van der Waals surface area contributed by atoms with Gasteiger partial charge in [0.2, 0.25) is 5.91 Å². The van der Waals surface area contributed by atoms with Crippen LogP contribution in [0, 0.1) is 5.41 Å². The van der Waals surface area contributed by atoms with Crippen molar-refractivity contribution in [2.24, 2.45) is 10.4 Å². The van der Waals surface area contributed by atoms with E-state index in [0.29, 0.717) is 13.1 Å². The Hall–Kier alpha value is -0.610. The SMILES string of the molecule is CN=C(NCCNC(=O)C(C)(C)C)NCC(C)(C)N1CCOCC1.I. The smallest absolute Gasteiger partial charge is 0.225 e. The number of hydrogen-bond acceptors (Lipinski definition) is 4. The Morgan fingerprint density at radius 2 is 1.60 bits per heavy atom. The van der Waals surface area contributed by atoms with Gasteiger partial charge in [0.1, 0.15) is 0 Å². The van der Waals surface area contributed by atoms with Crippen molar-refractivity contribution in [1.82, 2.24) is 20.9 Å². The lowest BCUT2D eigenvalue weighted by molar-refractivity contribution is -0.128. The average molecular weight is 469 g/mol. The highest BCUT2D eigenvalue weighted by molar-refractivity contribution is 14.0. The van der Waals surface area contributed by atoms with Gasteiger partial charge >= 0.3 is 0 Å². The third-order valence-electron chi connectivity index (χ3n) is 4.16. The van der Waals surface area contributed by atoms with E-state index in [9.17, 15) is 4.79 Å². The number of guanidine groups is 1. The molecule has 1 rings (SSSR count). The molecule has 1 aliphatic heterocycles. The zero-order valence-electron chi connectivity index (χ0n) is 16.6. The van der Waals surface area contributed by atoms with Crippen LogP contribution in [0.2, 0.25) is 0 Å². The van der Waals surface area contributed by atoms with E-state index < -0.39 is 0 Å². The summed E-state index contributed by atoms with van der Waals surface area (Å²) in [7, 11) is 1.75. The molecule has 148 valence electrons. The second-order valence-corrected chi connectivity index (χ2v) is 7.77. The van der Waals surface area contributed by atoms with Crippen molar-refractivity contribution in [2.45, 2.75) is 40.2 Å². The van der Waals surface area contributed by atoms with Gasteiger partial charge in [-0.2, -0.15) is 0 Å². The molecule has 3 N–H and O–H groups in total. The number of halogens is 1. The monoisotopic (exact) mass is 469 g/mol. The van der Waals surface area contributed by atoms with Crippen LogP contribution in [0.4, 0.5) is 0 Å².